The van der Waals surface area contributed by atoms with Crippen molar-refractivity contribution in [2.24, 2.45) is 0 Å². The van der Waals surface area contributed by atoms with Gasteiger partial charge in [0.15, 0.2) is 5.82 Å². The number of aromatic amines is 1. The summed E-state index contributed by atoms with van der Waals surface area (Å²) in [6.45, 7) is 0.578. The fraction of sp³-hybridized carbons (Fsp3) is 0.333. The molecule has 0 spiro atoms. The molecule has 16 heavy (non-hydrogen) atoms. The van der Waals surface area contributed by atoms with Gasteiger partial charge in [-0.25, -0.2) is 0 Å². The molecule has 0 aliphatic rings. The van der Waals surface area contributed by atoms with Gasteiger partial charge in [0.1, 0.15) is 0 Å². The molecule has 0 atom stereocenters. The Morgan fingerprint density at radius 3 is 3.19 bits per heavy atom. The third-order valence-corrected chi connectivity index (χ3v) is 2.77. The van der Waals surface area contributed by atoms with E-state index in [9.17, 15) is 4.79 Å². The molecule has 6 nitrogen and oxygen atoms in total. The van der Waals surface area contributed by atoms with Gasteiger partial charge in [-0.1, -0.05) is 5.21 Å². The number of carbonyl (C=O) groups is 1. The van der Waals surface area contributed by atoms with Gasteiger partial charge in [-0.2, -0.15) is 16.6 Å². The van der Waals surface area contributed by atoms with E-state index >= 15 is 0 Å². The molecule has 0 radical (unpaired) electrons. The molecular weight excluding hydrogens is 226 g/mol. The Labute approximate surface area is 96.1 Å². The predicted octanol–water partition coefficient (Wildman–Crippen LogP) is 0.510. The molecule has 2 aromatic rings. The van der Waals surface area contributed by atoms with Crippen LogP contribution in [0.25, 0.3) is 0 Å². The van der Waals surface area contributed by atoms with E-state index in [-0.39, 0.29) is 5.91 Å². The van der Waals surface area contributed by atoms with Crippen LogP contribution in [-0.4, -0.2) is 26.5 Å². The summed E-state index contributed by atoms with van der Waals surface area (Å²) in [5.41, 5.74) is 1.12. The van der Waals surface area contributed by atoms with E-state index in [0.717, 1.165) is 5.56 Å². The Hall–Kier alpha value is -1.76. The van der Waals surface area contributed by atoms with Crippen molar-refractivity contribution in [3.63, 3.8) is 0 Å². The zero-order chi connectivity index (χ0) is 11.2. The highest BCUT2D eigenvalue weighted by Gasteiger charge is 2.04. The number of aryl methyl sites for hydroxylation is 1. The van der Waals surface area contributed by atoms with Crippen molar-refractivity contribution in [1.82, 2.24) is 25.9 Å². The summed E-state index contributed by atoms with van der Waals surface area (Å²) in [7, 11) is 0. The second-order valence-corrected chi connectivity index (χ2v) is 4.02. The van der Waals surface area contributed by atoms with E-state index in [2.05, 4.69) is 25.9 Å². The number of hydrogen-bond acceptors (Lipinski definition) is 5. The summed E-state index contributed by atoms with van der Waals surface area (Å²) in [6, 6.07) is 1.99. The van der Waals surface area contributed by atoms with E-state index in [1.807, 2.05) is 16.8 Å². The Kier molecular flexibility index (Phi) is 3.60. The number of aromatic nitrogens is 4. The van der Waals surface area contributed by atoms with Crippen LogP contribution in [0.2, 0.25) is 0 Å². The lowest BCUT2D eigenvalue weighted by Crippen LogP contribution is -2.22. The quantitative estimate of drug-likeness (QED) is 0.793. The number of thiophene rings is 1. The van der Waals surface area contributed by atoms with Crippen LogP contribution in [0.3, 0.4) is 0 Å². The van der Waals surface area contributed by atoms with Crippen LogP contribution >= 0.6 is 11.3 Å². The van der Waals surface area contributed by atoms with Gasteiger partial charge in [0.2, 0.25) is 5.91 Å². The normalized spacial score (nSPS) is 10.2. The Balaban J connectivity index is 1.69. The Bertz CT molecular complexity index is 384. The van der Waals surface area contributed by atoms with Crippen LogP contribution in [0.15, 0.2) is 16.8 Å². The third kappa shape index (κ3) is 3.13. The number of amides is 1. The molecule has 7 heteroatoms. The number of nitrogens with one attached hydrogen (secondary N) is 2. The number of hydrogen-bond donors (Lipinski definition) is 2. The van der Waals surface area contributed by atoms with Crippen molar-refractivity contribution in [3.05, 3.63) is 28.2 Å². The third-order valence-electron chi connectivity index (χ3n) is 2.03. The van der Waals surface area contributed by atoms with Gasteiger partial charge in [0.05, 0.1) is 0 Å². The molecule has 0 aliphatic heterocycles. The minimum absolute atomic E-state index is 0.00370. The van der Waals surface area contributed by atoms with Crippen molar-refractivity contribution < 1.29 is 4.79 Å². The number of rotatable bonds is 5. The maximum Gasteiger partial charge on any atom is 0.220 e. The zero-order valence-corrected chi connectivity index (χ0v) is 9.33. The molecule has 0 saturated heterocycles. The Morgan fingerprint density at radius 1 is 1.56 bits per heavy atom. The highest BCUT2D eigenvalue weighted by Crippen LogP contribution is 2.05. The Morgan fingerprint density at radius 2 is 2.50 bits per heavy atom. The maximum atomic E-state index is 11.4. The van der Waals surface area contributed by atoms with Gasteiger partial charge in [-0.05, 0) is 22.4 Å². The topological polar surface area (TPSA) is 83.6 Å². The van der Waals surface area contributed by atoms with E-state index in [0.29, 0.717) is 25.2 Å². The van der Waals surface area contributed by atoms with Gasteiger partial charge in [-0.15, -0.1) is 10.2 Å². The van der Waals surface area contributed by atoms with Crippen LogP contribution in [0.1, 0.15) is 17.8 Å². The standard InChI is InChI=1S/C9H11N5OS/c15-9(2-1-8-11-13-14-12-8)10-5-7-3-4-16-6-7/h3-4,6H,1-2,5H2,(H,10,15)(H,11,12,13,14). The van der Waals surface area contributed by atoms with E-state index in [1.54, 1.807) is 11.3 Å². The van der Waals surface area contributed by atoms with Crippen LogP contribution in [0.4, 0.5) is 0 Å². The summed E-state index contributed by atoms with van der Waals surface area (Å²) >= 11 is 1.62. The summed E-state index contributed by atoms with van der Waals surface area (Å²) in [5.74, 6) is 0.557. The lowest BCUT2D eigenvalue weighted by molar-refractivity contribution is -0.121. The van der Waals surface area contributed by atoms with Crippen LogP contribution < -0.4 is 5.32 Å². The lowest BCUT2D eigenvalue weighted by atomic mass is 10.2. The SMILES string of the molecule is O=C(CCc1nn[nH]n1)NCc1ccsc1. The average molecular weight is 237 g/mol. The molecule has 0 aliphatic carbocycles. The number of nitrogens with zero attached hydrogens (tertiary/aromatic N) is 3. The average Bonchev–Trinajstić information content (AvgIpc) is 2.96. The fourth-order valence-corrected chi connectivity index (χ4v) is 1.86. The summed E-state index contributed by atoms with van der Waals surface area (Å²) in [4.78, 5) is 11.4. The van der Waals surface area contributed by atoms with Gasteiger partial charge >= 0.3 is 0 Å². The van der Waals surface area contributed by atoms with E-state index < -0.39 is 0 Å². The summed E-state index contributed by atoms with van der Waals surface area (Å²) < 4.78 is 0. The lowest BCUT2D eigenvalue weighted by Gasteiger charge is -2.01. The number of tetrazole rings is 1. The molecule has 0 fully saturated rings. The first-order valence-electron chi connectivity index (χ1n) is 4.84. The summed E-state index contributed by atoms with van der Waals surface area (Å²) in [5, 5.41) is 20.1. The molecule has 2 rings (SSSR count). The molecule has 2 aromatic heterocycles. The van der Waals surface area contributed by atoms with Crippen molar-refractivity contribution in [2.45, 2.75) is 19.4 Å². The first kappa shape index (κ1) is 10.7. The molecule has 2 N–H and O–H groups in total. The number of H-pyrrole nitrogens is 1. The fourth-order valence-electron chi connectivity index (χ4n) is 1.20. The summed E-state index contributed by atoms with van der Waals surface area (Å²) in [6.07, 6.45) is 0.885. The van der Waals surface area contributed by atoms with Crippen molar-refractivity contribution in [1.29, 1.82) is 0 Å². The first-order chi connectivity index (χ1) is 7.84. The number of carbonyl (C=O) groups excluding carboxylic acids is 1. The molecule has 0 aromatic carbocycles. The molecule has 0 unspecified atom stereocenters. The van der Waals surface area contributed by atoms with Gasteiger partial charge < -0.3 is 5.32 Å². The van der Waals surface area contributed by atoms with Gasteiger partial charge in [0, 0.05) is 19.4 Å². The predicted molar refractivity (Wildman–Crippen MR) is 58.7 cm³/mol. The van der Waals surface area contributed by atoms with Crippen molar-refractivity contribution in [3.8, 4) is 0 Å². The molecule has 84 valence electrons. The zero-order valence-electron chi connectivity index (χ0n) is 8.51. The second kappa shape index (κ2) is 5.36. The van der Waals surface area contributed by atoms with Crippen molar-refractivity contribution >= 4 is 17.2 Å². The van der Waals surface area contributed by atoms with E-state index in [1.165, 1.54) is 0 Å². The minimum atomic E-state index is -0.00370. The molecular formula is C9H11N5OS. The highest BCUT2D eigenvalue weighted by molar-refractivity contribution is 7.07. The first-order valence-corrected chi connectivity index (χ1v) is 5.79. The van der Waals surface area contributed by atoms with Crippen LogP contribution in [-0.2, 0) is 17.8 Å². The second-order valence-electron chi connectivity index (χ2n) is 3.24. The molecule has 2 heterocycles. The van der Waals surface area contributed by atoms with Crippen LogP contribution in [0.5, 0.6) is 0 Å². The molecule has 0 saturated carbocycles. The van der Waals surface area contributed by atoms with Crippen LogP contribution in [0, 0.1) is 0 Å². The van der Waals surface area contributed by atoms with Gasteiger partial charge in [-0.3, -0.25) is 4.79 Å². The largest absolute Gasteiger partial charge is 0.352 e. The smallest absolute Gasteiger partial charge is 0.220 e. The van der Waals surface area contributed by atoms with Gasteiger partial charge in [0.25, 0.3) is 0 Å². The highest BCUT2D eigenvalue weighted by atomic mass is 32.1. The molecule has 0 bridgehead atoms. The molecule has 1 amide bonds. The monoisotopic (exact) mass is 237 g/mol. The minimum Gasteiger partial charge on any atom is -0.352 e. The van der Waals surface area contributed by atoms with E-state index in [4.69, 9.17) is 0 Å². The van der Waals surface area contributed by atoms with Crippen molar-refractivity contribution in [2.75, 3.05) is 0 Å². The maximum absolute atomic E-state index is 11.4.